The summed E-state index contributed by atoms with van der Waals surface area (Å²) in [5.74, 6) is -0.471. The number of fused-ring (bicyclic) bond motifs is 18. The van der Waals surface area contributed by atoms with Crippen LogP contribution in [-0.4, -0.2) is 40.1 Å². The molecule has 12 aromatic rings. The first kappa shape index (κ1) is 47.2. The second-order valence-electron chi connectivity index (χ2n) is 22.1. The Labute approximate surface area is 457 Å². The van der Waals surface area contributed by atoms with Crippen molar-refractivity contribution in [2.45, 2.75) is 68.6 Å². The molecular formula is C72H55N3O4. The van der Waals surface area contributed by atoms with Gasteiger partial charge in [-0.25, -0.2) is 15.0 Å². The van der Waals surface area contributed by atoms with Gasteiger partial charge in [0.15, 0.2) is 0 Å². The normalized spacial score (nSPS) is 18.4. The summed E-state index contributed by atoms with van der Waals surface area (Å²) < 4.78 is 11.8. The molecule has 15 rings (SSSR count). The minimum absolute atomic E-state index is 0.178. The minimum atomic E-state index is -0.888. The number of hydrogen-bond acceptors (Lipinski definition) is 7. The SMILES string of the molecule is CCOC(=O)CCC1(CC2(CC3(CCC(=O)OCC)c4cc5ccccc5nc4-c4c3ccc3ccccc43)c3cc4ccccc4nc3-c3c2ccc2ccccc32)c2cc3ccccc3nc2-c2c1ccc1ccccc21. The molecule has 3 aromatic heterocycles. The number of nitrogens with zero attached hydrogens (tertiary/aromatic N) is 3. The molecule has 9 aromatic carbocycles. The lowest BCUT2D eigenvalue weighted by atomic mass is 9.54. The Morgan fingerprint density at radius 2 is 0.658 bits per heavy atom. The fourth-order valence-corrected chi connectivity index (χ4v) is 14.9. The zero-order valence-electron chi connectivity index (χ0n) is 44.2. The first-order chi connectivity index (χ1) is 38.8. The second-order valence-corrected chi connectivity index (χ2v) is 22.1. The van der Waals surface area contributed by atoms with Crippen LogP contribution in [0.5, 0.6) is 0 Å². The van der Waals surface area contributed by atoms with Crippen LogP contribution in [0.3, 0.4) is 0 Å². The first-order valence-corrected chi connectivity index (χ1v) is 27.9. The maximum Gasteiger partial charge on any atom is 0.305 e. The van der Waals surface area contributed by atoms with E-state index < -0.39 is 16.2 Å². The summed E-state index contributed by atoms with van der Waals surface area (Å²) in [5, 5.41) is 9.87. The van der Waals surface area contributed by atoms with Crippen LogP contribution in [-0.2, 0) is 35.3 Å². The van der Waals surface area contributed by atoms with Gasteiger partial charge in [0.2, 0.25) is 0 Å². The average Bonchev–Trinajstić information content (AvgIpc) is 3.96. The van der Waals surface area contributed by atoms with E-state index in [4.69, 9.17) is 24.4 Å². The van der Waals surface area contributed by atoms with Crippen LogP contribution in [0.25, 0.3) is 98.8 Å². The maximum absolute atomic E-state index is 14.3. The molecule has 2 atom stereocenters. The number of hydrogen-bond donors (Lipinski definition) is 0. The predicted octanol–water partition coefficient (Wildman–Crippen LogP) is 16.5. The van der Waals surface area contributed by atoms with E-state index in [-0.39, 0.29) is 38.0 Å². The predicted molar refractivity (Wildman–Crippen MR) is 317 cm³/mol. The van der Waals surface area contributed by atoms with E-state index in [1.165, 1.54) is 5.56 Å². The van der Waals surface area contributed by atoms with Crippen molar-refractivity contribution in [2.24, 2.45) is 0 Å². The third kappa shape index (κ3) is 7.01. The Morgan fingerprint density at radius 3 is 1.01 bits per heavy atom. The summed E-state index contributed by atoms with van der Waals surface area (Å²) >= 11 is 0. The van der Waals surface area contributed by atoms with Gasteiger partial charge < -0.3 is 9.47 Å². The number of pyridine rings is 3. The van der Waals surface area contributed by atoms with Crippen molar-refractivity contribution in [3.8, 4) is 33.8 Å². The van der Waals surface area contributed by atoms with E-state index >= 15 is 0 Å². The average molecular weight is 1030 g/mol. The van der Waals surface area contributed by atoms with Gasteiger partial charge in [-0.2, -0.15) is 0 Å². The van der Waals surface area contributed by atoms with E-state index in [0.717, 1.165) is 127 Å². The number of para-hydroxylation sites is 3. The van der Waals surface area contributed by atoms with Crippen LogP contribution in [0.4, 0.5) is 0 Å². The van der Waals surface area contributed by atoms with Crippen LogP contribution in [0.15, 0.2) is 200 Å². The Morgan fingerprint density at radius 1 is 0.354 bits per heavy atom. The van der Waals surface area contributed by atoms with E-state index in [1.807, 2.05) is 13.8 Å². The second kappa shape index (κ2) is 18.0. The molecule has 2 unspecified atom stereocenters. The van der Waals surface area contributed by atoms with Crippen LogP contribution in [0.2, 0.25) is 0 Å². The first-order valence-electron chi connectivity index (χ1n) is 27.9. The third-order valence-corrected chi connectivity index (χ3v) is 18.1. The molecule has 79 heavy (non-hydrogen) atoms. The van der Waals surface area contributed by atoms with Gasteiger partial charge in [-0.1, -0.05) is 164 Å². The molecule has 7 heteroatoms. The van der Waals surface area contributed by atoms with Gasteiger partial charge in [-0.3, -0.25) is 9.59 Å². The molecule has 0 amide bonds. The summed E-state index contributed by atoms with van der Waals surface area (Å²) in [7, 11) is 0. The van der Waals surface area contributed by atoms with Crippen LogP contribution < -0.4 is 0 Å². The highest BCUT2D eigenvalue weighted by atomic mass is 16.5. The quantitative estimate of drug-likeness (QED) is 0.113. The molecule has 0 aliphatic heterocycles. The Bertz CT molecular complexity index is 4360. The molecule has 3 aliphatic carbocycles. The zero-order valence-corrected chi connectivity index (χ0v) is 44.2. The Balaban J connectivity index is 1.11. The molecule has 0 N–H and O–H groups in total. The van der Waals surface area contributed by atoms with E-state index in [2.05, 4.69) is 200 Å². The minimum Gasteiger partial charge on any atom is -0.466 e. The molecule has 3 aliphatic rings. The molecule has 0 bridgehead atoms. The highest BCUT2D eigenvalue weighted by Crippen LogP contribution is 2.68. The summed E-state index contributed by atoms with van der Waals surface area (Å²) in [4.78, 5) is 45.8. The lowest BCUT2D eigenvalue weighted by Crippen LogP contribution is -2.43. The smallest absolute Gasteiger partial charge is 0.305 e. The highest BCUT2D eigenvalue weighted by Gasteiger charge is 2.59. The molecule has 382 valence electrons. The van der Waals surface area contributed by atoms with Crippen molar-refractivity contribution >= 4 is 77.0 Å². The molecular weight excluding hydrogens is 971 g/mol. The third-order valence-electron chi connectivity index (χ3n) is 18.1. The molecule has 0 radical (unpaired) electrons. The summed E-state index contributed by atoms with van der Waals surface area (Å²) in [5.41, 5.74) is 13.1. The topological polar surface area (TPSA) is 91.3 Å². The van der Waals surface area contributed by atoms with Crippen molar-refractivity contribution in [1.82, 2.24) is 15.0 Å². The number of benzene rings is 9. The summed E-state index contributed by atoms with van der Waals surface area (Å²) in [6, 6.07) is 72.4. The molecule has 3 heterocycles. The number of carbonyl (C=O) groups excluding carboxylic acids is 2. The number of esters is 2. The number of ether oxygens (including phenoxy) is 2. The Hall–Kier alpha value is -9.07. The van der Waals surface area contributed by atoms with Crippen molar-refractivity contribution in [3.63, 3.8) is 0 Å². The van der Waals surface area contributed by atoms with E-state index in [0.29, 0.717) is 25.7 Å². The lowest BCUT2D eigenvalue weighted by molar-refractivity contribution is -0.144. The van der Waals surface area contributed by atoms with Crippen molar-refractivity contribution in [1.29, 1.82) is 0 Å². The van der Waals surface area contributed by atoms with Gasteiger partial charge in [0.05, 0.1) is 46.8 Å². The van der Waals surface area contributed by atoms with Gasteiger partial charge in [-0.15, -0.1) is 0 Å². The number of rotatable bonds is 12. The lowest BCUT2D eigenvalue weighted by Gasteiger charge is -2.47. The van der Waals surface area contributed by atoms with Gasteiger partial charge in [0.1, 0.15) is 0 Å². The van der Waals surface area contributed by atoms with Gasteiger partial charge in [0, 0.05) is 61.9 Å². The van der Waals surface area contributed by atoms with E-state index in [9.17, 15) is 9.59 Å². The van der Waals surface area contributed by atoms with Gasteiger partial charge in [-0.05, 0) is 142 Å². The largest absolute Gasteiger partial charge is 0.466 e. The van der Waals surface area contributed by atoms with Gasteiger partial charge in [0.25, 0.3) is 0 Å². The summed E-state index contributed by atoms with van der Waals surface area (Å²) in [6.45, 7) is 4.33. The molecule has 0 saturated carbocycles. The van der Waals surface area contributed by atoms with Crippen LogP contribution in [0, 0.1) is 0 Å². The molecule has 7 nitrogen and oxygen atoms in total. The number of carbonyl (C=O) groups is 2. The fourth-order valence-electron chi connectivity index (χ4n) is 14.9. The fraction of sp³-hybridized carbons (Fsp3) is 0.181. The molecule has 0 fully saturated rings. The van der Waals surface area contributed by atoms with Crippen LogP contribution in [0.1, 0.15) is 85.8 Å². The monoisotopic (exact) mass is 1030 g/mol. The van der Waals surface area contributed by atoms with E-state index in [1.54, 1.807) is 0 Å². The van der Waals surface area contributed by atoms with Gasteiger partial charge >= 0.3 is 11.9 Å². The van der Waals surface area contributed by atoms with Crippen molar-refractivity contribution in [3.05, 3.63) is 234 Å². The molecule has 0 spiro atoms. The maximum atomic E-state index is 14.3. The van der Waals surface area contributed by atoms with Crippen molar-refractivity contribution < 1.29 is 19.1 Å². The standard InChI is InChI=1S/C72H55N3O4/c1-3-78-62(76)35-37-70(53-32-29-44-17-5-11-23-50(44)64(53)67-56(70)39-47-20-8-14-26-59(47)73-67)42-72(55-34-31-46-19-7-13-25-52(46)66(55)69-58(72)41-49-22-10-16-28-61(49)75-69)43-71(38-36-63(77)79-4-2)54-33-30-45-18-6-12-24-51(45)65(54)68-57(71)40-48-21-9-15-27-60(48)74-68/h5-34,39-41H,3-4,35-38,42-43H2,1-2H3. The van der Waals surface area contributed by atoms with Crippen molar-refractivity contribution in [2.75, 3.05) is 13.2 Å². The molecule has 0 saturated heterocycles. The number of aromatic nitrogens is 3. The zero-order chi connectivity index (χ0) is 53.0. The Kier molecular flexibility index (Phi) is 10.7. The summed E-state index contributed by atoms with van der Waals surface area (Å²) in [6.07, 6.45) is 2.30. The van der Waals surface area contributed by atoms with Crippen LogP contribution >= 0.6 is 0 Å². The highest BCUT2D eigenvalue weighted by molar-refractivity contribution is 6.07.